The number of ether oxygens (including phenoxy) is 1. The lowest BCUT2D eigenvalue weighted by molar-refractivity contribution is -0.149. The highest BCUT2D eigenvalue weighted by atomic mass is 35.5. The SMILES string of the molecule is CCNCCc1ccc2c(=O)n(-c3ccc(C[C@H](NC(=O)c4c(Cl)cccc4Cl)C(=O)OC(C)C)cc3)c(=O)n(C)c2c1. The van der Waals surface area contributed by atoms with Gasteiger partial charge in [-0.1, -0.05) is 54.4 Å². The summed E-state index contributed by atoms with van der Waals surface area (Å²) in [6, 6.07) is 15.8. The van der Waals surface area contributed by atoms with Crippen molar-refractivity contribution < 1.29 is 14.3 Å². The molecule has 0 fully saturated rings. The van der Waals surface area contributed by atoms with E-state index in [1.807, 2.05) is 19.1 Å². The fourth-order valence-electron chi connectivity index (χ4n) is 4.76. The Hall–Kier alpha value is -3.92. The van der Waals surface area contributed by atoms with Gasteiger partial charge in [0.2, 0.25) is 0 Å². The Morgan fingerprint density at radius 3 is 2.23 bits per heavy atom. The van der Waals surface area contributed by atoms with E-state index in [4.69, 9.17) is 27.9 Å². The van der Waals surface area contributed by atoms with Crippen molar-refractivity contribution in [2.75, 3.05) is 13.1 Å². The molecular weight excluding hydrogens is 591 g/mol. The summed E-state index contributed by atoms with van der Waals surface area (Å²) in [6.07, 6.45) is 0.457. The molecule has 43 heavy (non-hydrogen) atoms. The lowest BCUT2D eigenvalue weighted by Crippen LogP contribution is -2.44. The maximum absolute atomic E-state index is 13.4. The highest BCUT2D eigenvalue weighted by Gasteiger charge is 2.26. The van der Waals surface area contributed by atoms with E-state index in [2.05, 4.69) is 10.6 Å². The van der Waals surface area contributed by atoms with Crippen LogP contribution in [0.5, 0.6) is 0 Å². The van der Waals surface area contributed by atoms with Crippen LogP contribution < -0.4 is 21.9 Å². The summed E-state index contributed by atoms with van der Waals surface area (Å²) in [5.41, 5.74) is 1.79. The van der Waals surface area contributed by atoms with Gasteiger partial charge in [0, 0.05) is 13.5 Å². The molecule has 0 aliphatic rings. The highest BCUT2D eigenvalue weighted by molar-refractivity contribution is 6.39. The van der Waals surface area contributed by atoms with Gasteiger partial charge in [0.05, 0.1) is 38.3 Å². The molecule has 0 aliphatic carbocycles. The van der Waals surface area contributed by atoms with E-state index in [0.29, 0.717) is 22.2 Å². The normalized spacial score (nSPS) is 12.0. The molecule has 0 saturated carbocycles. The summed E-state index contributed by atoms with van der Waals surface area (Å²) in [7, 11) is 1.64. The number of hydrogen-bond acceptors (Lipinski definition) is 6. The van der Waals surface area contributed by atoms with E-state index in [0.717, 1.165) is 29.6 Å². The first-order valence-electron chi connectivity index (χ1n) is 14.0. The van der Waals surface area contributed by atoms with Gasteiger partial charge in [-0.2, -0.15) is 0 Å². The van der Waals surface area contributed by atoms with Crippen molar-refractivity contribution in [3.63, 3.8) is 0 Å². The number of carbonyl (C=O) groups is 2. The third-order valence-corrected chi connectivity index (χ3v) is 7.57. The molecule has 9 nitrogen and oxygen atoms in total. The van der Waals surface area contributed by atoms with E-state index >= 15 is 0 Å². The molecule has 4 rings (SSSR count). The van der Waals surface area contributed by atoms with Gasteiger partial charge in [0.15, 0.2) is 0 Å². The molecule has 1 amide bonds. The molecule has 0 saturated heterocycles. The molecule has 11 heteroatoms. The van der Waals surface area contributed by atoms with Crippen molar-refractivity contribution in [1.29, 1.82) is 0 Å². The van der Waals surface area contributed by atoms with E-state index in [1.54, 1.807) is 57.3 Å². The van der Waals surface area contributed by atoms with Crippen molar-refractivity contribution in [2.24, 2.45) is 7.05 Å². The lowest BCUT2D eigenvalue weighted by Gasteiger charge is -2.20. The number of rotatable bonds is 11. The minimum Gasteiger partial charge on any atom is -0.461 e. The second kappa shape index (κ2) is 14.0. The number of halogens is 2. The molecule has 1 aromatic heterocycles. The average molecular weight is 626 g/mol. The fourth-order valence-corrected chi connectivity index (χ4v) is 5.33. The minimum absolute atomic E-state index is 0.0554. The zero-order valence-electron chi connectivity index (χ0n) is 24.4. The van der Waals surface area contributed by atoms with E-state index in [1.165, 1.54) is 16.7 Å². The molecule has 0 aliphatic heterocycles. The molecule has 1 atom stereocenters. The first kappa shape index (κ1) is 32.0. The van der Waals surface area contributed by atoms with Crippen molar-refractivity contribution in [1.82, 2.24) is 19.8 Å². The molecule has 3 aromatic carbocycles. The zero-order chi connectivity index (χ0) is 31.3. The van der Waals surface area contributed by atoms with E-state index < -0.39 is 35.3 Å². The van der Waals surface area contributed by atoms with Gasteiger partial charge in [0.1, 0.15) is 6.04 Å². The number of likely N-dealkylation sites (N-methyl/N-ethyl adjacent to an activating group) is 1. The van der Waals surface area contributed by atoms with Crippen molar-refractivity contribution in [2.45, 2.75) is 45.8 Å². The third kappa shape index (κ3) is 7.36. The van der Waals surface area contributed by atoms with E-state index in [9.17, 15) is 19.2 Å². The Labute approximate surface area is 259 Å². The summed E-state index contributed by atoms with van der Waals surface area (Å²) < 4.78 is 7.97. The minimum atomic E-state index is -1.05. The Bertz CT molecular complexity index is 1740. The summed E-state index contributed by atoms with van der Waals surface area (Å²) in [4.78, 5) is 52.8. The van der Waals surface area contributed by atoms with Crippen LogP contribution in [0.4, 0.5) is 0 Å². The number of fused-ring (bicyclic) bond motifs is 1. The van der Waals surface area contributed by atoms with E-state index in [-0.39, 0.29) is 22.0 Å². The van der Waals surface area contributed by atoms with Crippen LogP contribution >= 0.6 is 23.2 Å². The van der Waals surface area contributed by atoms with Gasteiger partial charge in [-0.25, -0.2) is 14.2 Å². The Morgan fingerprint density at radius 1 is 0.953 bits per heavy atom. The maximum atomic E-state index is 13.4. The lowest BCUT2D eigenvalue weighted by atomic mass is 10.0. The molecule has 226 valence electrons. The molecular formula is C32H34Cl2N4O5. The van der Waals surface area contributed by atoms with Gasteiger partial charge in [-0.05, 0) is 80.9 Å². The first-order valence-corrected chi connectivity index (χ1v) is 14.8. The van der Waals surface area contributed by atoms with Crippen LogP contribution in [0.1, 0.15) is 42.3 Å². The predicted molar refractivity (Wildman–Crippen MR) is 170 cm³/mol. The predicted octanol–water partition coefficient (Wildman–Crippen LogP) is 4.44. The Morgan fingerprint density at radius 2 is 1.60 bits per heavy atom. The van der Waals surface area contributed by atoms with Crippen LogP contribution in [0.3, 0.4) is 0 Å². The van der Waals surface area contributed by atoms with Gasteiger partial charge < -0.3 is 15.4 Å². The number of carbonyl (C=O) groups excluding carboxylic acids is 2. The number of esters is 1. The summed E-state index contributed by atoms with van der Waals surface area (Å²) >= 11 is 12.4. The number of benzene rings is 3. The van der Waals surface area contributed by atoms with Crippen LogP contribution in [0.25, 0.3) is 16.6 Å². The van der Waals surface area contributed by atoms with Crippen molar-refractivity contribution in [3.05, 3.63) is 108 Å². The monoisotopic (exact) mass is 624 g/mol. The zero-order valence-corrected chi connectivity index (χ0v) is 26.0. The number of aryl methyl sites for hydroxylation is 1. The Balaban J connectivity index is 1.62. The summed E-state index contributed by atoms with van der Waals surface area (Å²) in [5.74, 6) is -1.24. The molecule has 0 radical (unpaired) electrons. The van der Waals surface area contributed by atoms with Gasteiger partial charge in [-0.15, -0.1) is 0 Å². The molecule has 0 unspecified atom stereocenters. The largest absolute Gasteiger partial charge is 0.461 e. The van der Waals surface area contributed by atoms with Gasteiger partial charge in [-0.3, -0.25) is 14.2 Å². The van der Waals surface area contributed by atoms with Crippen LogP contribution in [-0.2, 0) is 29.4 Å². The molecule has 1 heterocycles. The second-order valence-corrected chi connectivity index (χ2v) is 11.2. The van der Waals surface area contributed by atoms with Crippen LogP contribution in [0, 0.1) is 0 Å². The molecule has 0 spiro atoms. The van der Waals surface area contributed by atoms with Crippen LogP contribution in [0.2, 0.25) is 10.0 Å². The number of hydrogen-bond donors (Lipinski definition) is 2. The smallest absolute Gasteiger partial charge is 0.335 e. The van der Waals surface area contributed by atoms with Crippen LogP contribution in [0.15, 0.2) is 70.3 Å². The van der Waals surface area contributed by atoms with Gasteiger partial charge in [0.25, 0.3) is 11.5 Å². The first-order chi connectivity index (χ1) is 20.5. The fraction of sp³-hybridized carbons (Fsp3) is 0.312. The second-order valence-electron chi connectivity index (χ2n) is 10.4. The van der Waals surface area contributed by atoms with Crippen molar-refractivity contribution >= 4 is 46.0 Å². The highest BCUT2D eigenvalue weighted by Crippen LogP contribution is 2.24. The Kier molecular flexibility index (Phi) is 10.4. The molecule has 2 N–H and O–H groups in total. The van der Waals surface area contributed by atoms with Gasteiger partial charge >= 0.3 is 11.7 Å². The molecule has 0 bridgehead atoms. The third-order valence-electron chi connectivity index (χ3n) is 6.94. The number of nitrogens with one attached hydrogen (secondary N) is 2. The standard InChI is InChI=1S/C32H34Cl2N4O5/c1-5-35-16-15-21-11-14-23-27(18-21)37(4)32(42)38(30(23)40)22-12-9-20(10-13-22)17-26(31(41)43-19(2)3)36-29(39)28-24(33)7-6-8-25(28)34/h6-14,18-19,26,35H,5,15-17H2,1-4H3,(H,36,39)/t26-/m0/s1. The summed E-state index contributed by atoms with van der Waals surface area (Å²) in [6.45, 7) is 7.12. The summed E-state index contributed by atoms with van der Waals surface area (Å²) in [5, 5.41) is 6.69. The topological polar surface area (TPSA) is 111 Å². The quantitative estimate of drug-likeness (QED) is 0.188. The number of aromatic nitrogens is 2. The number of nitrogens with zero attached hydrogens (tertiary/aromatic N) is 2. The average Bonchev–Trinajstić information content (AvgIpc) is 2.96. The number of amides is 1. The van der Waals surface area contributed by atoms with Crippen molar-refractivity contribution in [3.8, 4) is 5.69 Å². The molecule has 4 aromatic rings. The van der Waals surface area contributed by atoms with Crippen LogP contribution in [-0.4, -0.2) is 46.2 Å². The maximum Gasteiger partial charge on any atom is 0.335 e.